The molecular formula is C15H10F4O3. The molecule has 0 aliphatic heterocycles. The molecule has 0 saturated carbocycles. The molecule has 0 fully saturated rings. The molecule has 0 aromatic heterocycles. The number of benzene rings is 2. The van der Waals surface area contributed by atoms with E-state index in [2.05, 4.69) is 0 Å². The standard InChI is InChI=1S/C15H10F4O3/c16-10-4-1-8(2-5-10)11-6-3-9(15(17,18)19)7-12(11)13(20)14(21)22/h1-7,13,20H,(H,21,22). The van der Waals surface area contributed by atoms with Gasteiger partial charge in [0.1, 0.15) is 5.82 Å². The van der Waals surface area contributed by atoms with Crippen LogP contribution in [0.4, 0.5) is 17.6 Å². The van der Waals surface area contributed by atoms with E-state index in [0.29, 0.717) is 11.6 Å². The van der Waals surface area contributed by atoms with Crippen LogP contribution in [0.15, 0.2) is 42.5 Å². The fourth-order valence-electron chi connectivity index (χ4n) is 1.99. The summed E-state index contributed by atoms with van der Waals surface area (Å²) in [7, 11) is 0. The first kappa shape index (κ1) is 16.0. The van der Waals surface area contributed by atoms with Crippen molar-refractivity contribution in [3.63, 3.8) is 0 Å². The van der Waals surface area contributed by atoms with Gasteiger partial charge in [-0.05, 0) is 35.4 Å². The molecule has 0 amide bonds. The molecule has 116 valence electrons. The Labute approximate surface area is 122 Å². The number of hydrogen-bond donors (Lipinski definition) is 2. The molecule has 0 bridgehead atoms. The van der Waals surface area contributed by atoms with E-state index in [9.17, 15) is 27.5 Å². The maximum Gasteiger partial charge on any atom is 0.416 e. The van der Waals surface area contributed by atoms with Gasteiger partial charge >= 0.3 is 12.1 Å². The zero-order valence-corrected chi connectivity index (χ0v) is 10.9. The molecule has 2 aromatic rings. The van der Waals surface area contributed by atoms with Gasteiger partial charge in [-0.15, -0.1) is 0 Å². The molecular weight excluding hydrogens is 304 g/mol. The fraction of sp³-hybridized carbons (Fsp3) is 0.133. The number of hydrogen-bond acceptors (Lipinski definition) is 2. The SMILES string of the molecule is O=C(O)C(O)c1cc(C(F)(F)F)ccc1-c1ccc(F)cc1. The molecule has 0 heterocycles. The second-order valence-electron chi connectivity index (χ2n) is 4.55. The summed E-state index contributed by atoms with van der Waals surface area (Å²) in [6.45, 7) is 0. The number of carbonyl (C=O) groups is 1. The maximum absolute atomic E-state index is 12.9. The minimum atomic E-state index is -4.67. The molecule has 0 aliphatic carbocycles. The van der Waals surface area contributed by atoms with Crippen molar-refractivity contribution in [2.24, 2.45) is 0 Å². The number of rotatable bonds is 3. The van der Waals surface area contributed by atoms with Crippen molar-refractivity contribution in [2.45, 2.75) is 12.3 Å². The number of carboxylic acid groups (broad SMARTS) is 1. The quantitative estimate of drug-likeness (QED) is 0.851. The van der Waals surface area contributed by atoms with E-state index >= 15 is 0 Å². The average molecular weight is 314 g/mol. The van der Waals surface area contributed by atoms with Gasteiger partial charge in [-0.25, -0.2) is 9.18 Å². The Balaban J connectivity index is 2.62. The van der Waals surface area contributed by atoms with Crippen molar-refractivity contribution in [1.82, 2.24) is 0 Å². The van der Waals surface area contributed by atoms with Gasteiger partial charge in [-0.3, -0.25) is 0 Å². The molecule has 22 heavy (non-hydrogen) atoms. The molecule has 7 heteroatoms. The average Bonchev–Trinajstić information content (AvgIpc) is 2.45. The van der Waals surface area contributed by atoms with Crippen molar-refractivity contribution >= 4 is 5.97 Å². The molecule has 2 aromatic carbocycles. The summed E-state index contributed by atoms with van der Waals surface area (Å²) in [5.74, 6) is -2.22. The molecule has 2 N–H and O–H groups in total. The van der Waals surface area contributed by atoms with Crippen LogP contribution in [0.3, 0.4) is 0 Å². The third kappa shape index (κ3) is 3.25. The summed E-state index contributed by atoms with van der Waals surface area (Å²) in [6, 6.07) is 7.16. The minimum absolute atomic E-state index is 0.0860. The van der Waals surface area contributed by atoms with Crippen LogP contribution in [0.25, 0.3) is 11.1 Å². The summed E-state index contributed by atoms with van der Waals surface area (Å²) >= 11 is 0. The topological polar surface area (TPSA) is 57.5 Å². The van der Waals surface area contributed by atoms with Crippen molar-refractivity contribution in [1.29, 1.82) is 0 Å². The molecule has 3 nitrogen and oxygen atoms in total. The highest BCUT2D eigenvalue weighted by Gasteiger charge is 2.32. The van der Waals surface area contributed by atoms with Gasteiger partial charge < -0.3 is 10.2 Å². The molecule has 0 spiro atoms. The van der Waals surface area contributed by atoms with Crippen LogP contribution in [0, 0.1) is 5.82 Å². The monoisotopic (exact) mass is 314 g/mol. The number of halogens is 4. The van der Waals surface area contributed by atoms with Gasteiger partial charge in [0.25, 0.3) is 0 Å². The Morgan fingerprint density at radius 1 is 1.05 bits per heavy atom. The predicted molar refractivity (Wildman–Crippen MR) is 69.4 cm³/mol. The van der Waals surface area contributed by atoms with E-state index in [4.69, 9.17) is 5.11 Å². The van der Waals surface area contributed by atoms with E-state index in [1.54, 1.807) is 0 Å². The van der Waals surface area contributed by atoms with E-state index in [-0.39, 0.29) is 5.56 Å². The summed E-state index contributed by atoms with van der Waals surface area (Å²) in [4.78, 5) is 10.9. The third-order valence-corrected chi connectivity index (χ3v) is 3.06. The van der Waals surface area contributed by atoms with Crippen LogP contribution >= 0.6 is 0 Å². The zero-order valence-electron chi connectivity index (χ0n) is 10.9. The molecule has 1 unspecified atom stereocenters. The van der Waals surface area contributed by atoms with Crippen LogP contribution in [-0.2, 0) is 11.0 Å². The molecule has 0 aliphatic rings. The number of aliphatic hydroxyl groups excluding tert-OH is 1. The third-order valence-electron chi connectivity index (χ3n) is 3.06. The van der Waals surface area contributed by atoms with E-state index in [0.717, 1.165) is 24.3 Å². The second-order valence-corrected chi connectivity index (χ2v) is 4.55. The van der Waals surface area contributed by atoms with Gasteiger partial charge in [0, 0.05) is 5.56 Å². The highest BCUT2D eigenvalue weighted by Crippen LogP contribution is 2.35. The summed E-state index contributed by atoms with van der Waals surface area (Å²) < 4.78 is 51.1. The predicted octanol–water partition coefficient (Wildman–Crippen LogP) is 3.63. The lowest BCUT2D eigenvalue weighted by molar-refractivity contribution is -0.147. The van der Waals surface area contributed by atoms with E-state index < -0.39 is 35.2 Å². The highest BCUT2D eigenvalue weighted by molar-refractivity contribution is 5.79. The lowest BCUT2D eigenvalue weighted by atomic mass is 9.94. The molecule has 2 rings (SSSR count). The van der Waals surface area contributed by atoms with Gasteiger partial charge in [0.05, 0.1) is 5.56 Å². The van der Waals surface area contributed by atoms with Crippen LogP contribution in [0.2, 0.25) is 0 Å². The van der Waals surface area contributed by atoms with Gasteiger partial charge in [-0.2, -0.15) is 13.2 Å². The first-order chi connectivity index (χ1) is 10.2. The van der Waals surface area contributed by atoms with Crippen LogP contribution in [0.1, 0.15) is 17.2 Å². The Morgan fingerprint density at radius 3 is 2.14 bits per heavy atom. The zero-order chi connectivity index (χ0) is 16.5. The van der Waals surface area contributed by atoms with E-state index in [1.807, 2.05) is 0 Å². The van der Waals surface area contributed by atoms with Crippen molar-refractivity contribution in [2.75, 3.05) is 0 Å². The number of carboxylic acids is 1. The van der Waals surface area contributed by atoms with Gasteiger partial charge in [0.15, 0.2) is 6.10 Å². The normalized spacial score (nSPS) is 13.0. The van der Waals surface area contributed by atoms with Crippen LogP contribution in [0.5, 0.6) is 0 Å². The Kier molecular flexibility index (Phi) is 4.18. The smallest absolute Gasteiger partial charge is 0.416 e. The fourth-order valence-corrected chi connectivity index (χ4v) is 1.99. The van der Waals surface area contributed by atoms with Gasteiger partial charge in [-0.1, -0.05) is 18.2 Å². The lowest BCUT2D eigenvalue weighted by Gasteiger charge is -2.16. The Morgan fingerprint density at radius 2 is 1.64 bits per heavy atom. The highest BCUT2D eigenvalue weighted by atomic mass is 19.4. The van der Waals surface area contributed by atoms with Crippen molar-refractivity contribution in [3.8, 4) is 11.1 Å². The van der Waals surface area contributed by atoms with Gasteiger partial charge in [0.2, 0.25) is 0 Å². The lowest BCUT2D eigenvalue weighted by Crippen LogP contribution is -2.14. The molecule has 0 saturated heterocycles. The summed E-state index contributed by atoms with van der Waals surface area (Å²) in [5.41, 5.74) is -1.10. The first-order valence-corrected chi connectivity index (χ1v) is 6.08. The van der Waals surface area contributed by atoms with E-state index in [1.165, 1.54) is 12.1 Å². The summed E-state index contributed by atoms with van der Waals surface area (Å²) in [5, 5.41) is 18.5. The Hall–Kier alpha value is -2.41. The molecule has 0 radical (unpaired) electrons. The maximum atomic E-state index is 12.9. The van der Waals surface area contributed by atoms with Crippen LogP contribution in [-0.4, -0.2) is 16.2 Å². The molecule has 1 atom stereocenters. The number of aliphatic hydroxyl groups is 1. The number of aliphatic carboxylic acids is 1. The largest absolute Gasteiger partial charge is 0.479 e. The van der Waals surface area contributed by atoms with Crippen molar-refractivity contribution < 1.29 is 32.6 Å². The Bertz CT molecular complexity index is 693. The second kappa shape index (κ2) is 5.76. The van der Waals surface area contributed by atoms with Crippen LogP contribution < -0.4 is 0 Å². The van der Waals surface area contributed by atoms with Crippen molar-refractivity contribution in [3.05, 3.63) is 59.4 Å². The number of alkyl halides is 3. The summed E-state index contributed by atoms with van der Waals surface area (Å²) in [6.07, 6.45) is -6.80. The minimum Gasteiger partial charge on any atom is -0.479 e. The first-order valence-electron chi connectivity index (χ1n) is 6.08.